The molecule has 1 N–H and O–H groups in total. The normalized spacial score (nSPS) is 27.1. The Morgan fingerprint density at radius 1 is 0.795 bits per heavy atom. The number of benzene rings is 3. The molecule has 202 valence electrons. The summed E-state index contributed by atoms with van der Waals surface area (Å²) >= 11 is 0. The van der Waals surface area contributed by atoms with E-state index in [9.17, 15) is 14.7 Å². The average Bonchev–Trinajstić information content (AvgIpc) is 3.41. The minimum absolute atomic E-state index is 0.0279. The second kappa shape index (κ2) is 8.77. The lowest BCUT2D eigenvalue weighted by molar-refractivity contribution is -0.132. The monoisotopic (exact) mass is 523 g/mol. The molecule has 0 fully saturated rings. The van der Waals surface area contributed by atoms with E-state index in [-0.39, 0.29) is 11.8 Å². The van der Waals surface area contributed by atoms with E-state index in [2.05, 4.69) is 24.8 Å². The Bertz CT molecular complexity index is 1510. The molecule has 39 heavy (non-hydrogen) atoms. The van der Waals surface area contributed by atoms with Gasteiger partial charge in [-0.1, -0.05) is 73.5 Å². The first-order valence-electron chi connectivity index (χ1n) is 13.9. The Kier molecular flexibility index (Phi) is 5.79. The fraction of sp³-hybridized carbons (Fsp3) is 0.394. The summed E-state index contributed by atoms with van der Waals surface area (Å²) in [6.07, 6.45) is -1.09. The number of hydrogen-bond acceptors (Lipinski definition) is 4. The second-order valence-electron chi connectivity index (χ2n) is 11.5. The van der Waals surface area contributed by atoms with Crippen LogP contribution >= 0.6 is 0 Å². The Balaban J connectivity index is 1.77. The minimum atomic E-state index is -1.34. The number of fused-ring (bicyclic) bond motifs is 4. The third kappa shape index (κ3) is 3.10. The molecular formula is C33H37N3O3. The van der Waals surface area contributed by atoms with Crippen LogP contribution in [0.5, 0.6) is 0 Å². The lowest BCUT2D eigenvalue weighted by Crippen LogP contribution is -2.58. The highest BCUT2D eigenvalue weighted by Crippen LogP contribution is 2.68. The van der Waals surface area contributed by atoms with E-state index in [1.54, 1.807) is 16.8 Å². The molecule has 6 rings (SSSR count). The van der Waals surface area contributed by atoms with Crippen molar-refractivity contribution in [3.05, 3.63) is 94.0 Å². The first-order valence-corrected chi connectivity index (χ1v) is 13.9. The van der Waals surface area contributed by atoms with Crippen LogP contribution in [0.2, 0.25) is 0 Å². The van der Waals surface area contributed by atoms with E-state index in [4.69, 9.17) is 0 Å². The summed E-state index contributed by atoms with van der Waals surface area (Å²) < 4.78 is 0. The van der Waals surface area contributed by atoms with Gasteiger partial charge in [0.05, 0.1) is 11.5 Å². The van der Waals surface area contributed by atoms with Crippen molar-refractivity contribution >= 4 is 23.2 Å². The van der Waals surface area contributed by atoms with Gasteiger partial charge in [-0.15, -0.1) is 0 Å². The Labute approximate surface area is 230 Å². The van der Waals surface area contributed by atoms with E-state index >= 15 is 0 Å². The zero-order valence-electron chi connectivity index (χ0n) is 23.7. The van der Waals surface area contributed by atoms with Crippen LogP contribution in [-0.4, -0.2) is 55.6 Å². The van der Waals surface area contributed by atoms with Gasteiger partial charge in [0.15, 0.2) is 0 Å². The number of anilines is 2. The van der Waals surface area contributed by atoms with Gasteiger partial charge in [-0.05, 0) is 61.3 Å². The quantitative estimate of drug-likeness (QED) is 0.531. The summed E-state index contributed by atoms with van der Waals surface area (Å²) in [6, 6.07) is 20.0. The third-order valence-electron chi connectivity index (χ3n) is 9.65. The van der Waals surface area contributed by atoms with Crippen molar-refractivity contribution in [1.29, 1.82) is 0 Å². The van der Waals surface area contributed by atoms with Crippen molar-refractivity contribution < 1.29 is 14.7 Å². The molecule has 6 nitrogen and oxygen atoms in total. The molecule has 0 unspecified atom stereocenters. The van der Waals surface area contributed by atoms with Crippen molar-refractivity contribution in [2.75, 3.05) is 43.5 Å². The van der Waals surface area contributed by atoms with Crippen LogP contribution in [0.25, 0.3) is 0 Å². The largest absolute Gasteiger partial charge is 0.387 e. The molecule has 0 radical (unpaired) electrons. The number of carbonyl (C=O) groups is 2. The molecule has 2 aliphatic heterocycles. The molecule has 3 aromatic rings. The standard InChI is InChI=1S/C33H37N3O3/c1-7-36(8-2)19-32(24-17-20(3)13-15-26(24)34(5)30(32)38)28-22-11-9-10-12-23(22)29(37)33(28)25-18-21(4)14-16-27(25)35(6)31(33)39/h9-18,28-29,37H,7-8,19H2,1-6H3/t28-,29-,32-,33-/m1/s1. The van der Waals surface area contributed by atoms with Crippen molar-refractivity contribution in [2.24, 2.45) is 0 Å². The predicted molar refractivity (Wildman–Crippen MR) is 154 cm³/mol. The molecule has 0 saturated heterocycles. The molecule has 0 aromatic heterocycles. The number of hydrogen-bond donors (Lipinski definition) is 1. The van der Waals surface area contributed by atoms with Crippen LogP contribution in [-0.2, 0) is 20.4 Å². The number of aliphatic hydroxyl groups excluding tert-OH is 1. The highest BCUT2D eigenvalue weighted by Gasteiger charge is 2.72. The maximum absolute atomic E-state index is 14.9. The summed E-state index contributed by atoms with van der Waals surface area (Å²) in [6.45, 7) is 10.3. The maximum atomic E-state index is 14.9. The highest BCUT2D eigenvalue weighted by atomic mass is 16.3. The van der Waals surface area contributed by atoms with Gasteiger partial charge >= 0.3 is 0 Å². The summed E-state index contributed by atoms with van der Waals surface area (Å²) in [5.41, 5.74) is 4.67. The fourth-order valence-electron chi connectivity index (χ4n) is 7.79. The lowest BCUT2D eigenvalue weighted by atomic mass is 9.56. The highest BCUT2D eigenvalue weighted by molar-refractivity contribution is 6.14. The number of aryl methyl sites for hydroxylation is 2. The molecule has 6 heteroatoms. The molecule has 0 bridgehead atoms. The van der Waals surface area contributed by atoms with Gasteiger partial charge in [0.2, 0.25) is 11.8 Å². The van der Waals surface area contributed by atoms with Gasteiger partial charge in [0.1, 0.15) is 5.41 Å². The first-order chi connectivity index (χ1) is 18.6. The molecule has 2 heterocycles. The smallest absolute Gasteiger partial charge is 0.241 e. The molecule has 3 aromatic carbocycles. The molecule has 1 spiro atoms. The van der Waals surface area contributed by atoms with Crippen molar-refractivity contribution in [2.45, 2.75) is 50.5 Å². The van der Waals surface area contributed by atoms with Gasteiger partial charge in [-0.3, -0.25) is 9.59 Å². The molecule has 1 aliphatic carbocycles. The number of aliphatic hydroxyl groups is 1. The summed E-state index contributed by atoms with van der Waals surface area (Å²) in [4.78, 5) is 35.3. The number of likely N-dealkylation sites (N-methyl/N-ethyl adjacent to an activating group) is 3. The van der Waals surface area contributed by atoms with Crippen LogP contribution in [0.3, 0.4) is 0 Å². The predicted octanol–water partition coefficient (Wildman–Crippen LogP) is 4.60. The third-order valence-corrected chi connectivity index (χ3v) is 9.65. The zero-order valence-corrected chi connectivity index (χ0v) is 23.7. The van der Waals surface area contributed by atoms with E-state index in [1.807, 2.05) is 75.5 Å². The van der Waals surface area contributed by atoms with Crippen LogP contribution in [0.4, 0.5) is 11.4 Å². The fourth-order valence-corrected chi connectivity index (χ4v) is 7.79. The minimum Gasteiger partial charge on any atom is -0.387 e. The van der Waals surface area contributed by atoms with E-state index in [0.717, 1.165) is 57.8 Å². The van der Waals surface area contributed by atoms with Crippen LogP contribution in [0.1, 0.15) is 59.3 Å². The van der Waals surface area contributed by atoms with Gasteiger partial charge in [0, 0.05) is 37.9 Å². The number of carbonyl (C=O) groups excluding carboxylic acids is 2. The summed E-state index contributed by atoms with van der Waals surface area (Å²) in [5.74, 6) is -0.792. The van der Waals surface area contributed by atoms with E-state index in [1.165, 1.54) is 0 Å². The van der Waals surface area contributed by atoms with Gasteiger partial charge in [-0.25, -0.2) is 0 Å². The SMILES string of the molecule is CCN(CC)C[C@@]1([C@H]2c3ccccc3[C@@H](O)[C@]23C(=O)N(C)c2ccc(C)cc23)C(=O)N(C)c2ccc(C)cc21. The number of rotatable bonds is 5. The summed E-state index contributed by atoms with van der Waals surface area (Å²) in [7, 11) is 3.63. The lowest BCUT2D eigenvalue weighted by Gasteiger charge is -2.45. The average molecular weight is 524 g/mol. The van der Waals surface area contributed by atoms with Gasteiger partial charge in [-0.2, -0.15) is 0 Å². The van der Waals surface area contributed by atoms with Gasteiger partial charge < -0.3 is 19.8 Å². The van der Waals surface area contributed by atoms with Crippen molar-refractivity contribution in [3.8, 4) is 0 Å². The maximum Gasteiger partial charge on any atom is 0.241 e. The van der Waals surface area contributed by atoms with Crippen molar-refractivity contribution in [3.63, 3.8) is 0 Å². The van der Waals surface area contributed by atoms with E-state index < -0.39 is 22.9 Å². The molecular weight excluding hydrogens is 486 g/mol. The van der Waals surface area contributed by atoms with Crippen LogP contribution in [0.15, 0.2) is 60.7 Å². The molecule has 2 amide bonds. The summed E-state index contributed by atoms with van der Waals surface area (Å²) in [5, 5.41) is 12.3. The van der Waals surface area contributed by atoms with Crippen molar-refractivity contribution in [1.82, 2.24) is 4.90 Å². The Hall–Kier alpha value is -3.48. The van der Waals surface area contributed by atoms with Gasteiger partial charge in [0.25, 0.3) is 0 Å². The molecule has 4 atom stereocenters. The van der Waals surface area contributed by atoms with Crippen LogP contribution < -0.4 is 9.80 Å². The Morgan fingerprint density at radius 3 is 1.95 bits per heavy atom. The first kappa shape index (κ1) is 25.8. The number of amides is 2. The molecule has 0 saturated carbocycles. The number of nitrogens with zero attached hydrogens (tertiary/aromatic N) is 3. The van der Waals surface area contributed by atoms with Crippen LogP contribution in [0, 0.1) is 13.8 Å². The zero-order chi connectivity index (χ0) is 27.9. The second-order valence-corrected chi connectivity index (χ2v) is 11.5. The Morgan fingerprint density at radius 2 is 1.33 bits per heavy atom. The van der Waals surface area contributed by atoms with E-state index in [0.29, 0.717) is 6.54 Å². The topological polar surface area (TPSA) is 64.1 Å². The molecule has 3 aliphatic rings.